The zero-order valence-electron chi connectivity index (χ0n) is 42.9. The maximum absolute atomic E-state index is 12.8. The summed E-state index contributed by atoms with van der Waals surface area (Å²) in [5, 5.41) is 0. The molecule has 0 saturated carbocycles. The lowest BCUT2D eigenvalue weighted by Gasteiger charge is -2.28. The van der Waals surface area contributed by atoms with Crippen LogP contribution in [0.15, 0.2) is 85.1 Å². The zero-order valence-corrected chi connectivity index (χ0v) is 43.8. The Kier molecular flexibility index (Phi) is 45.3. The SMILES string of the molecule is CC/C=C\C/C=C\C/C=C\C/C=C\C/C=C\CCCCCCCCCC(=O)OC(COC(=O)CCCCCCCCCCC/C=C\C/C=C\CCCCC)COP(=O)([O-])OCC[N+](C)(C)C. The van der Waals surface area contributed by atoms with Crippen molar-refractivity contribution in [1.29, 1.82) is 0 Å². The molecular formula is C56H98NO8P. The monoisotopic (exact) mass is 944 g/mol. The second kappa shape index (κ2) is 47.3. The van der Waals surface area contributed by atoms with E-state index < -0.39 is 32.5 Å². The first-order chi connectivity index (χ1) is 32.0. The van der Waals surface area contributed by atoms with Crippen LogP contribution in [0.5, 0.6) is 0 Å². The Labute approximate surface area is 405 Å². The van der Waals surface area contributed by atoms with E-state index in [0.717, 1.165) is 96.3 Å². The highest BCUT2D eigenvalue weighted by molar-refractivity contribution is 7.45. The summed E-state index contributed by atoms with van der Waals surface area (Å²) in [5.41, 5.74) is 0. The van der Waals surface area contributed by atoms with Crippen LogP contribution in [0.4, 0.5) is 0 Å². The highest BCUT2D eigenvalue weighted by atomic mass is 31.2. The zero-order chi connectivity index (χ0) is 48.5. The summed E-state index contributed by atoms with van der Waals surface area (Å²) in [4.78, 5) is 37.8. The molecule has 2 atom stereocenters. The van der Waals surface area contributed by atoms with E-state index in [4.69, 9.17) is 18.5 Å². The van der Waals surface area contributed by atoms with Crippen molar-refractivity contribution in [3.8, 4) is 0 Å². The van der Waals surface area contributed by atoms with Gasteiger partial charge in [-0.05, 0) is 89.9 Å². The van der Waals surface area contributed by atoms with Gasteiger partial charge in [0.2, 0.25) is 0 Å². The normalized spacial score (nSPS) is 14.1. The third kappa shape index (κ3) is 50.6. The van der Waals surface area contributed by atoms with Crippen molar-refractivity contribution in [1.82, 2.24) is 0 Å². The third-order valence-corrected chi connectivity index (χ3v) is 11.9. The van der Waals surface area contributed by atoms with Crippen LogP contribution >= 0.6 is 7.82 Å². The van der Waals surface area contributed by atoms with Crippen molar-refractivity contribution in [2.45, 2.75) is 213 Å². The standard InChI is InChI=1S/C56H98NO8P/c1-6-8-10-12-14-16-18-20-22-24-26-27-28-29-31-33-35-37-39-41-43-45-47-49-56(59)65-54(53-64-66(60,61)63-51-50-57(3,4)5)52-62-55(58)48-46-44-42-40-38-36-34-32-30-25-23-21-19-17-15-13-11-9-7-2/h8,10,14-17,20-23,26-27,29,31,54H,6-7,9,11-13,18-19,24-25,28,30,32-53H2,1-5H3/b10-8-,16-14-,17-15-,22-20-,23-21-,27-26-,31-29-. The number of allylic oxidation sites excluding steroid dienone is 14. The van der Waals surface area contributed by atoms with Gasteiger partial charge in [0.25, 0.3) is 7.82 Å². The van der Waals surface area contributed by atoms with Crippen molar-refractivity contribution >= 4 is 19.8 Å². The molecule has 0 heterocycles. The van der Waals surface area contributed by atoms with E-state index in [1.807, 2.05) is 21.1 Å². The number of phosphoric acid groups is 1. The van der Waals surface area contributed by atoms with Gasteiger partial charge in [0.1, 0.15) is 19.8 Å². The first-order valence-electron chi connectivity index (χ1n) is 26.3. The van der Waals surface area contributed by atoms with E-state index in [1.54, 1.807) is 0 Å². The number of rotatable bonds is 47. The van der Waals surface area contributed by atoms with E-state index in [1.165, 1.54) is 77.0 Å². The highest BCUT2D eigenvalue weighted by Gasteiger charge is 2.21. The largest absolute Gasteiger partial charge is 0.756 e. The highest BCUT2D eigenvalue weighted by Crippen LogP contribution is 2.38. The third-order valence-electron chi connectivity index (χ3n) is 10.9. The van der Waals surface area contributed by atoms with E-state index in [9.17, 15) is 19.0 Å². The lowest BCUT2D eigenvalue weighted by atomic mass is 10.1. The number of nitrogens with zero attached hydrogens (tertiary/aromatic N) is 1. The first-order valence-corrected chi connectivity index (χ1v) is 27.8. The van der Waals surface area contributed by atoms with Crippen LogP contribution in [-0.4, -0.2) is 70.0 Å². The Hall–Kier alpha value is -2.81. The second-order valence-electron chi connectivity index (χ2n) is 18.5. The maximum Gasteiger partial charge on any atom is 0.306 e. The fourth-order valence-electron chi connectivity index (χ4n) is 6.83. The van der Waals surface area contributed by atoms with Crippen molar-refractivity contribution in [2.24, 2.45) is 0 Å². The average molecular weight is 944 g/mol. The summed E-state index contributed by atoms with van der Waals surface area (Å²) < 4.78 is 34.1. The number of unbranched alkanes of at least 4 members (excludes halogenated alkanes) is 19. The molecule has 0 aromatic carbocycles. The minimum Gasteiger partial charge on any atom is -0.756 e. The van der Waals surface area contributed by atoms with Gasteiger partial charge in [-0.15, -0.1) is 0 Å². The molecule has 10 heteroatoms. The molecule has 0 fully saturated rings. The van der Waals surface area contributed by atoms with Crippen molar-refractivity contribution in [3.63, 3.8) is 0 Å². The molecular weight excluding hydrogens is 846 g/mol. The van der Waals surface area contributed by atoms with Crippen LogP contribution in [0.3, 0.4) is 0 Å². The van der Waals surface area contributed by atoms with Crippen molar-refractivity contribution < 1.29 is 42.1 Å². The molecule has 0 aromatic heterocycles. The van der Waals surface area contributed by atoms with Crippen LogP contribution in [0.2, 0.25) is 0 Å². The molecule has 9 nitrogen and oxygen atoms in total. The Bertz CT molecular complexity index is 1390. The average Bonchev–Trinajstić information content (AvgIpc) is 3.27. The number of likely N-dealkylation sites (N-methyl/N-ethyl adjacent to an activating group) is 1. The fourth-order valence-corrected chi connectivity index (χ4v) is 7.56. The number of hydrogen-bond acceptors (Lipinski definition) is 8. The number of hydrogen-bond donors (Lipinski definition) is 0. The molecule has 0 radical (unpaired) electrons. The second-order valence-corrected chi connectivity index (χ2v) is 19.9. The number of esters is 2. The van der Waals surface area contributed by atoms with Crippen molar-refractivity contribution in [3.05, 3.63) is 85.1 Å². The minimum absolute atomic E-state index is 0.0381. The Morgan fingerprint density at radius 1 is 0.485 bits per heavy atom. The van der Waals surface area contributed by atoms with Crippen molar-refractivity contribution in [2.75, 3.05) is 47.5 Å². The summed E-state index contributed by atoms with van der Waals surface area (Å²) in [6.45, 7) is 4.08. The topological polar surface area (TPSA) is 111 Å². The van der Waals surface area contributed by atoms with Gasteiger partial charge in [-0.25, -0.2) is 0 Å². The molecule has 380 valence electrons. The van der Waals surface area contributed by atoms with Gasteiger partial charge >= 0.3 is 11.9 Å². The summed E-state index contributed by atoms with van der Waals surface area (Å²) in [5.74, 6) is -0.854. The number of quaternary nitrogens is 1. The number of carbonyl (C=O) groups excluding carboxylic acids is 2. The lowest BCUT2D eigenvalue weighted by Crippen LogP contribution is -2.37. The summed E-state index contributed by atoms with van der Waals surface area (Å²) >= 11 is 0. The van der Waals surface area contributed by atoms with E-state index >= 15 is 0 Å². The van der Waals surface area contributed by atoms with Gasteiger partial charge in [-0.1, -0.05) is 189 Å². The van der Waals surface area contributed by atoms with Crippen LogP contribution in [-0.2, 0) is 32.7 Å². The Balaban J connectivity index is 4.29. The quantitative estimate of drug-likeness (QED) is 0.0195. The summed E-state index contributed by atoms with van der Waals surface area (Å²) in [6, 6.07) is 0. The molecule has 66 heavy (non-hydrogen) atoms. The smallest absolute Gasteiger partial charge is 0.306 e. The summed E-state index contributed by atoms with van der Waals surface area (Å²) in [6.07, 6.45) is 61.8. The van der Waals surface area contributed by atoms with Gasteiger partial charge < -0.3 is 27.9 Å². The summed E-state index contributed by atoms with van der Waals surface area (Å²) in [7, 11) is 1.14. The van der Waals surface area contributed by atoms with E-state index in [2.05, 4.69) is 98.9 Å². The predicted octanol–water partition coefficient (Wildman–Crippen LogP) is 15.3. The predicted molar refractivity (Wildman–Crippen MR) is 277 cm³/mol. The number of phosphoric ester groups is 1. The molecule has 0 rings (SSSR count). The van der Waals surface area contributed by atoms with E-state index in [-0.39, 0.29) is 26.1 Å². The number of carbonyl (C=O) groups is 2. The molecule has 0 aromatic rings. The first kappa shape index (κ1) is 63.2. The molecule has 0 aliphatic rings. The molecule has 0 saturated heterocycles. The minimum atomic E-state index is -4.64. The van der Waals surface area contributed by atoms with Gasteiger partial charge in [0, 0.05) is 12.8 Å². The molecule has 0 spiro atoms. The maximum atomic E-state index is 12.8. The van der Waals surface area contributed by atoms with Gasteiger partial charge in [-0.3, -0.25) is 14.2 Å². The molecule has 0 bridgehead atoms. The van der Waals surface area contributed by atoms with Gasteiger partial charge in [0.15, 0.2) is 6.10 Å². The molecule has 2 unspecified atom stereocenters. The van der Waals surface area contributed by atoms with Gasteiger partial charge in [0.05, 0.1) is 27.7 Å². The van der Waals surface area contributed by atoms with Gasteiger partial charge in [-0.2, -0.15) is 0 Å². The van der Waals surface area contributed by atoms with Crippen LogP contribution in [0.25, 0.3) is 0 Å². The molecule has 0 N–H and O–H groups in total. The molecule has 0 aliphatic carbocycles. The lowest BCUT2D eigenvalue weighted by molar-refractivity contribution is -0.870. The van der Waals surface area contributed by atoms with Crippen LogP contribution in [0, 0.1) is 0 Å². The van der Waals surface area contributed by atoms with Crippen LogP contribution in [0.1, 0.15) is 206 Å². The van der Waals surface area contributed by atoms with Crippen LogP contribution < -0.4 is 4.89 Å². The molecule has 0 aliphatic heterocycles. The Morgan fingerprint density at radius 2 is 0.864 bits per heavy atom. The van der Waals surface area contributed by atoms with E-state index in [0.29, 0.717) is 17.4 Å². The fraction of sp³-hybridized carbons (Fsp3) is 0.714. The molecule has 0 amide bonds. The Morgan fingerprint density at radius 3 is 1.29 bits per heavy atom. The number of ether oxygens (including phenoxy) is 2.